The van der Waals surface area contributed by atoms with Crippen LogP contribution < -0.4 is 5.32 Å². The van der Waals surface area contributed by atoms with Gasteiger partial charge in [0.25, 0.3) is 0 Å². The molecule has 1 aromatic rings. The van der Waals surface area contributed by atoms with E-state index in [2.05, 4.69) is 27.3 Å². The zero-order valence-corrected chi connectivity index (χ0v) is 12.0. The van der Waals surface area contributed by atoms with E-state index in [1.165, 1.54) is 5.56 Å². The molecule has 0 spiro atoms. The first-order valence-corrected chi connectivity index (χ1v) is 5.58. The largest absolute Gasteiger partial charge is 0.395 e. The number of guanidine groups is 1. The molecule has 1 heterocycles. The van der Waals surface area contributed by atoms with Crippen LogP contribution in [0.25, 0.3) is 0 Å². The van der Waals surface area contributed by atoms with Gasteiger partial charge < -0.3 is 15.3 Å². The molecule has 2 N–H and O–H groups in total. The van der Waals surface area contributed by atoms with Crippen LogP contribution >= 0.6 is 24.0 Å². The number of halogens is 1. The Morgan fingerprint density at radius 3 is 2.76 bits per heavy atom. The number of hydrogen-bond acceptors (Lipinski definition) is 4. The summed E-state index contributed by atoms with van der Waals surface area (Å²) in [6, 6.07) is 10.2. The average molecular weight is 347 g/mol. The minimum atomic E-state index is 0. The molecule has 4 nitrogen and oxygen atoms in total. The van der Waals surface area contributed by atoms with E-state index in [9.17, 15) is 0 Å². The van der Waals surface area contributed by atoms with Gasteiger partial charge in [-0.25, -0.2) is 0 Å². The first-order valence-electron chi connectivity index (χ1n) is 5.58. The van der Waals surface area contributed by atoms with Crippen molar-refractivity contribution in [1.82, 2.24) is 10.2 Å². The van der Waals surface area contributed by atoms with E-state index in [0.29, 0.717) is 6.54 Å². The topological polar surface area (TPSA) is 47.9 Å². The molecular weight excluding hydrogens is 329 g/mol. The third-order valence-corrected chi connectivity index (χ3v) is 2.59. The Morgan fingerprint density at radius 2 is 2.06 bits per heavy atom. The summed E-state index contributed by atoms with van der Waals surface area (Å²) in [6.45, 7) is 3.32. The fourth-order valence-electron chi connectivity index (χ4n) is 1.77. The quantitative estimate of drug-likeness (QED) is 0.801. The molecule has 0 saturated heterocycles. The summed E-state index contributed by atoms with van der Waals surface area (Å²) in [7, 11) is 0. The summed E-state index contributed by atoms with van der Waals surface area (Å²) in [5.74, 6) is 0.901. The Morgan fingerprint density at radius 1 is 1.29 bits per heavy atom. The van der Waals surface area contributed by atoms with Crippen LogP contribution in [0.2, 0.25) is 0 Å². The normalized spacial score (nSPS) is 14.2. The van der Waals surface area contributed by atoms with Crippen LogP contribution in [0.5, 0.6) is 0 Å². The number of aliphatic imine (C=N–C) groups is 1. The summed E-state index contributed by atoms with van der Waals surface area (Å²) in [4.78, 5) is 6.44. The van der Waals surface area contributed by atoms with Gasteiger partial charge in [-0.3, -0.25) is 4.99 Å². The molecule has 0 bridgehead atoms. The summed E-state index contributed by atoms with van der Waals surface area (Å²) < 4.78 is 0. The van der Waals surface area contributed by atoms with E-state index in [1.807, 2.05) is 18.2 Å². The SMILES string of the molecule is I.OCCN1CCN=C1NCc1ccccc1. The van der Waals surface area contributed by atoms with Gasteiger partial charge in [-0.1, -0.05) is 30.3 Å². The highest BCUT2D eigenvalue weighted by Crippen LogP contribution is 2.01. The highest BCUT2D eigenvalue weighted by Gasteiger charge is 2.15. The number of nitrogens with one attached hydrogen (secondary N) is 1. The molecule has 2 rings (SSSR count). The molecule has 0 radical (unpaired) electrons. The number of rotatable bonds is 4. The van der Waals surface area contributed by atoms with E-state index < -0.39 is 0 Å². The van der Waals surface area contributed by atoms with E-state index in [1.54, 1.807) is 0 Å². The summed E-state index contributed by atoms with van der Waals surface area (Å²) in [5, 5.41) is 12.2. The number of hydrogen-bond donors (Lipinski definition) is 2. The molecule has 0 aliphatic carbocycles. The molecule has 0 fully saturated rings. The Labute approximate surface area is 119 Å². The standard InChI is InChI=1S/C12H17N3O.HI/c16-9-8-15-7-6-13-12(15)14-10-11-4-2-1-3-5-11;/h1-5,16H,6-10H2,(H,13,14);1H. The van der Waals surface area contributed by atoms with Crippen molar-refractivity contribution in [2.24, 2.45) is 4.99 Å². The minimum absolute atomic E-state index is 0. The maximum atomic E-state index is 8.91. The van der Waals surface area contributed by atoms with Gasteiger partial charge in [0.05, 0.1) is 13.2 Å². The van der Waals surface area contributed by atoms with Crippen LogP contribution in [0, 0.1) is 0 Å². The van der Waals surface area contributed by atoms with Crippen molar-refractivity contribution in [2.45, 2.75) is 6.54 Å². The van der Waals surface area contributed by atoms with E-state index in [0.717, 1.165) is 25.6 Å². The Balaban J connectivity index is 0.00000144. The monoisotopic (exact) mass is 347 g/mol. The third kappa shape index (κ3) is 4.16. The lowest BCUT2D eigenvalue weighted by Gasteiger charge is -2.19. The smallest absolute Gasteiger partial charge is 0.194 e. The van der Waals surface area contributed by atoms with Crippen molar-refractivity contribution in [3.63, 3.8) is 0 Å². The third-order valence-electron chi connectivity index (χ3n) is 2.59. The van der Waals surface area contributed by atoms with Gasteiger partial charge >= 0.3 is 0 Å². The van der Waals surface area contributed by atoms with Crippen LogP contribution in [0.1, 0.15) is 5.56 Å². The van der Waals surface area contributed by atoms with Gasteiger partial charge in [0, 0.05) is 19.6 Å². The number of β-amino-alcohol motifs (C(OH)–C–C–N with tert-alkyl or cyclic N) is 1. The predicted octanol–water partition coefficient (Wildman–Crippen LogP) is 1.06. The zero-order valence-electron chi connectivity index (χ0n) is 9.67. The molecule has 17 heavy (non-hydrogen) atoms. The average Bonchev–Trinajstić information content (AvgIpc) is 2.76. The molecule has 0 aromatic heterocycles. The maximum absolute atomic E-state index is 8.91. The van der Waals surface area contributed by atoms with Gasteiger partial charge in [-0.15, -0.1) is 24.0 Å². The highest BCUT2D eigenvalue weighted by atomic mass is 127. The fourth-order valence-corrected chi connectivity index (χ4v) is 1.77. The molecule has 0 amide bonds. The second-order valence-corrected chi connectivity index (χ2v) is 3.76. The van der Waals surface area contributed by atoms with Crippen LogP contribution in [-0.2, 0) is 6.54 Å². The second kappa shape index (κ2) is 7.50. The molecule has 0 atom stereocenters. The predicted molar refractivity (Wildman–Crippen MR) is 79.7 cm³/mol. The lowest BCUT2D eigenvalue weighted by Crippen LogP contribution is -2.39. The number of aliphatic hydroxyl groups is 1. The lowest BCUT2D eigenvalue weighted by atomic mass is 10.2. The van der Waals surface area contributed by atoms with Gasteiger partial charge in [0.2, 0.25) is 0 Å². The van der Waals surface area contributed by atoms with Crippen LogP contribution in [0.4, 0.5) is 0 Å². The van der Waals surface area contributed by atoms with Crippen molar-refractivity contribution in [2.75, 3.05) is 26.2 Å². The molecule has 1 aliphatic heterocycles. The fraction of sp³-hybridized carbons (Fsp3) is 0.417. The van der Waals surface area contributed by atoms with E-state index >= 15 is 0 Å². The Hall–Kier alpha value is -0.820. The number of aliphatic hydroxyl groups excluding tert-OH is 1. The second-order valence-electron chi connectivity index (χ2n) is 3.76. The van der Waals surface area contributed by atoms with Crippen molar-refractivity contribution in [3.8, 4) is 0 Å². The minimum Gasteiger partial charge on any atom is -0.395 e. The highest BCUT2D eigenvalue weighted by molar-refractivity contribution is 14.0. The van der Waals surface area contributed by atoms with Crippen LogP contribution in [0.3, 0.4) is 0 Å². The molecular formula is C12H18IN3O. The van der Waals surface area contributed by atoms with Crippen molar-refractivity contribution < 1.29 is 5.11 Å². The molecule has 5 heteroatoms. The Bertz CT molecular complexity index is 356. The van der Waals surface area contributed by atoms with Crippen molar-refractivity contribution >= 4 is 29.9 Å². The number of benzene rings is 1. The maximum Gasteiger partial charge on any atom is 0.194 e. The number of nitrogens with zero attached hydrogens (tertiary/aromatic N) is 2. The van der Waals surface area contributed by atoms with E-state index in [4.69, 9.17) is 5.11 Å². The van der Waals surface area contributed by atoms with Crippen LogP contribution in [0.15, 0.2) is 35.3 Å². The summed E-state index contributed by atoms with van der Waals surface area (Å²) >= 11 is 0. The Kier molecular flexibility index (Phi) is 6.28. The van der Waals surface area contributed by atoms with Gasteiger partial charge in [0.1, 0.15) is 0 Å². The van der Waals surface area contributed by atoms with E-state index in [-0.39, 0.29) is 30.6 Å². The molecule has 94 valence electrons. The van der Waals surface area contributed by atoms with Crippen molar-refractivity contribution in [3.05, 3.63) is 35.9 Å². The van der Waals surface area contributed by atoms with Crippen molar-refractivity contribution in [1.29, 1.82) is 0 Å². The summed E-state index contributed by atoms with van der Waals surface area (Å²) in [5.41, 5.74) is 1.24. The van der Waals surface area contributed by atoms with Gasteiger partial charge in [-0.05, 0) is 5.56 Å². The zero-order chi connectivity index (χ0) is 11.2. The van der Waals surface area contributed by atoms with Gasteiger partial charge in [-0.2, -0.15) is 0 Å². The first kappa shape index (κ1) is 14.2. The van der Waals surface area contributed by atoms with Gasteiger partial charge in [0.15, 0.2) is 5.96 Å². The first-order chi connectivity index (χ1) is 7.90. The molecule has 1 aromatic carbocycles. The molecule has 1 aliphatic rings. The van der Waals surface area contributed by atoms with Crippen LogP contribution in [-0.4, -0.2) is 42.2 Å². The molecule has 0 saturated carbocycles. The lowest BCUT2D eigenvalue weighted by molar-refractivity contribution is 0.254. The summed E-state index contributed by atoms with van der Waals surface area (Å²) in [6.07, 6.45) is 0. The molecule has 0 unspecified atom stereocenters.